The quantitative estimate of drug-likeness (QED) is 0.327. The summed E-state index contributed by atoms with van der Waals surface area (Å²) in [6.45, 7) is -1.06. The highest BCUT2D eigenvalue weighted by atomic mass is 19.3. The SMILES string of the molecule is Nc1nc(N)c2c(-c3ccc4nnn(CCCF)c4n3)c(F)cn2n1.O=C(CO)N1CCCC(F)(F)C1. The van der Waals surface area contributed by atoms with E-state index >= 15 is 0 Å². The van der Waals surface area contributed by atoms with Crippen LogP contribution in [0, 0.1) is 5.82 Å². The first-order chi connectivity index (χ1) is 17.6. The van der Waals surface area contributed by atoms with Gasteiger partial charge >= 0.3 is 0 Å². The van der Waals surface area contributed by atoms with Crippen molar-refractivity contribution >= 4 is 34.4 Å². The van der Waals surface area contributed by atoms with Crippen LogP contribution in [0.1, 0.15) is 19.3 Å². The van der Waals surface area contributed by atoms with Crippen molar-refractivity contribution in [3.05, 3.63) is 24.1 Å². The highest BCUT2D eigenvalue weighted by Gasteiger charge is 2.36. The Morgan fingerprint density at radius 2 is 2.00 bits per heavy atom. The molecule has 5 rings (SSSR count). The molecule has 37 heavy (non-hydrogen) atoms. The Morgan fingerprint density at radius 3 is 2.70 bits per heavy atom. The van der Waals surface area contributed by atoms with Crippen molar-refractivity contribution in [3.8, 4) is 11.3 Å². The van der Waals surface area contributed by atoms with Crippen molar-refractivity contribution in [2.75, 3.05) is 37.8 Å². The molecule has 198 valence electrons. The van der Waals surface area contributed by atoms with Crippen LogP contribution in [0.4, 0.5) is 29.3 Å². The second-order valence-corrected chi connectivity index (χ2v) is 8.33. The van der Waals surface area contributed by atoms with Gasteiger partial charge in [-0.05, 0) is 25.0 Å². The number of aliphatic hydroxyl groups is 1. The zero-order chi connectivity index (χ0) is 26.7. The number of aromatic nitrogens is 7. The Kier molecular flexibility index (Phi) is 7.37. The van der Waals surface area contributed by atoms with Crippen LogP contribution in [0.15, 0.2) is 18.3 Å². The number of hydrogen-bond donors (Lipinski definition) is 3. The second kappa shape index (κ2) is 10.5. The number of nitrogens with two attached hydrogens (primary N) is 2. The molecule has 4 aromatic rings. The number of aryl methyl sites for hydroxylation is 1. The molecular weight excluding hydrogens is 500 g/mol. The molecule has 0 radical (unpaired) electrons. The van der Waals surface area contributed by atoms with Crippen LogP contribution >= 0.6 is 0 Å². The number of pyridine rings is 1. The molecule has 0 atom stereocenters. The molecule has 0 saturated carbocycles. The number of carbonyl (C=O) groups is 1. The number of nitrogens with zero attached hydrogens (tertiary/aromatic N) is 8. The Bertz CT molecular complexity index is 1420. The lowest BCUT2D eigenvalue weighted by Crippen LogP contribution is -2.46. The predicted molar refractivity (Wildman–Crippen MR) is 125 cm³/mol. The van der Waals surface area contributed by atoms with E-state index in [1.807, 2.05) is 0 Å². The molecule has 1 aliphatic heterocycles. The molecule has 0 spiro atoms. The van der Waals surface area contributed by atoms with Crippen LogP contribution in [0.5, 0.6) is 0 Å². The van der Waals surface area contributed by atoms with Crippen molar-refractivity contribution in [2.24, 2.45) is 0 Å². The molecule has 4 aromatic heterocycles. The minimum absolute atomic E-state index is 0.0392. The zero-order valence-corrected chi connectivity index (χ0v) is 19.5. The lowest BCUT2D eigenvalue weighted by Gasteiger charge is -2.31. The average molecular weight is 524 g/mol. The Labute approximate surface area is 206 Å². The van der Waals surface area contributed by atoms with Crippen molar-refractivity contribution in [1.82, 2.24) is 39.5 Å². The number of piperidine rings is 1. The van der Waals surface area contributed by atoms with Gasteiger partial charge in [-0.25, -0.2) is 27.4 Å². The topological polar surface area (TPSA) is 166 Å². The number of hydrogen-bond acceptors (Lipinski definition) is 9. The maximum absolute atomic E-state index is 14.5. The number of anilines is 2. The summed E-state index contributed by atoms with van der Waals surface area (Å²) in [5, 5.41) is 20.3. The van der Waals surface area contributed by atoms with Gasteiger partial charge in [-0.15, -0.1) is 10.2 Å². The van der Waals surface area contributed by atoms with Gasteiger partial charge in [-0.3, -0.25) is 9.18 Å². The van der Waals surface area contributed by atoms with Crippen LogP contribution < -0.4 is 11.5 Å². The number of fused-ring (bicyclic) bond motifs is 2. The van der Waals surface area contributed by atoms with Gasteiger partial charge in [0.2, 0.25) is 11.9 Å². The zero-order valence-electron chi connectivity index (χ0n) is 19.5. The van der Waals surface area contributed by atoms with Crippen LogP contribution in [0.2, 0.25) is 0 Å². The number of aliphatic hydroxyl groups excluding tert-OH is 1. The highest BCUT2D eigenvalue weighted by Crippen LogP contribution is 2.31. The molecule has 0 aliphatic carbocycles. The smallest absolute Gasteiger partial charge is 0.265 e. The Hall–Kier alpha value is -4.08. The normalized spacial score (nSPS) is 15.1. The van der Waals surface area contributed by atoms with Crippen molar-refractivity contribution in [3.63, 3.8) is 0 Å². The summed E-state index contributed by atoms with van der Waals surface area (Å²) in [5.41, 5.74) is 13.1. The third-order valence-corrected chi connectivity index (χ3v) is 5.63. The van der Waals surface area contributed by atoms with E-state index in [0.29, 0.717) is 36.4 Å². The summed E-state index contributed by atoms with van der Waals surface area (Å²) in [7, 11) is 0. The molecule has 16 heteroatoms. The van der Waals surface area contributed by atoms with E-state index in [1.54, 1.807) is 12.1 Å². The monoisotopic (exact) mass is 524 g/mol. The predicted octanol–water partition coefficient (Wildman–Crippen LogP) is 1.44. The van der Waals surface area contributed by atoms with Crippen LogP contribution in [0.3, 0.4) is 0 Å². The van der Waals surface area contributed by atoms with E-state index in [0.717, 1.165) is 11.1 Å². The third kappa shape index (κ3) is 5.52. The molecule has 0 unspecified atom stereocenters. The molecule has 1 amide bonds. The molecule has 0 aromatic carbocycles. The van der Waals surface area contributed by atoms with Gasteiger partial charge in [-0.2, -0.15) is 4.98 Å². The summed E-state index contributed by atoms with van der Waals surface area (Å²) in [6.07, 6.45) is 1.58. The van der Waals surface area contributed by atoms with E-state index in [9.17, 15) is 22.4 Å². The fourth-order valence-electron chi connectivity index (χ4n) is 3.97. The summed E-state index contributed by atoms with van der Waals surface area (Å²) in [4.78, 5) is 20.1. The van der Waals surface area contributed by atoms with Crippen molar-refractivity contribution < 1.29 is 27.5 Å². The lowest BCUT2D eigenvalue weighted by atomic mass is 10.1. The lowest BCUT2D eigenvalue weighted by molar-refractivity contribution is -0.144. The number of carbonyl (C=O) groups excluding carboxylic acids is 1. The fraction of sp³-hybridized carbons (Fsp3) is 0.429. The number of likely N-dealkylation sites (tertiary alicyclic amines) is 1. The first kappa shape index (κ1) is 26.0. The molecule has 5 N–H and O–H groups in total. The molecule has 1 fully saturated rings. The maximum atomic E-state index is 14.5. The van der Waals surface area contributed by atoms with Crippen LogP contribution in [0.25, 0.3) is 27.9 Å². The van der Waals surface area contributed by atoms with Gasteiger partial charge in [0, 0.05) is 19.5 Å². The Balaban J connectivity index is 0.000000225. The average Bonchev–Trinajstić information content (AvgIpc) is 3.41. The van der Waals surface area contributed by atoms with Gasteiger partial charge in [-0.1, -0.05) is 5.21 Å². The number of halogens is 4. The van der Waals surface area contributed by atoms with Gasteiger partial charge in [0.05, 0.1) is 30.7 Å². The molecule has 12 nitrogen and oxygen atoms in total. The summed E-state index contributed by atoms with van der Waals surface area (Å²) < 4.78 is 55.0. The fourth-order valence-corrected chi connectivity index (χ4v) is 3.97. The van der Waals surface area contributed by atoms with Gasteiger partial charge in [0.1, 0.15) is 17.6 Å². The van der Waals surface area contributed by atoms with Crippen molar-refractivity contribution in [1.29, 1.82) is 0 Å². The first-order valence-corrected chi connectivity index (χ1v) is 11.3. The van der Waals surface area contributed by atoms with Gasteiger partial charge in [0.25, 0.3) is 5.92 Å². The highest BCUT2D eigenvalue weighted by molar-refractivity contribution is 5.88. The standard InChI is InChI=1S/C14H13F2N9.C7H11F2NO2/c15-4-1-5-24-13-9(21-23-24)3-2-8(19-13)10-7(16)6-25-11(10)12(17)20-14(18)22-25;8-7(9)2-1-3-10(5-7)6(12)4-11/h2-3,6H,1,4-5H2,(H4,17,18,20,22);11H,1-5H2. The van der Waals surface area contributed by atoms with Crippen LogP contribution in [-0.2, 0) is 11.3 Å². The van der Waals surface area contributed by atoms with Gasteiger partial charge in [0.15, 0.2) is 17.3 Å². The second-order valence-electron chi connectivity index (χ2n) is 8.33. The van der Waals surface area contributed by atoms with E-state index in [4.69, 9.17) is 16.6 Å². The van der Waals surface area contributed by atoms with Gasteiger partial charge < -0.3 is 21.5 Å². The van der Waals surface area contributed by atoms with Crippen molar-refractivity contribution in [2.45, 2.75) is 31.7 Å². The molecule has 0 bridgehead atoms. The molecular formula is C21H24F4N10O2. The largest absolute Gasteiger partial charge is 0.387 e. The summed E-state index contributed by atoms with van der Waals surface area (Å²) in [6, 6.07) is 3.26. The minimum atomic E-state index is -2.77. The number of nitrogen functional groups attached to an aromatic ring is 2. The number of amides is 1. The van der Waals surface area contributed by atoms with E-state index in [1.165, 1.54) is 9.20 Å². The van der Waals surface area contributed by atoms with E-state index in [2.05, 4.69) is 25.4 Å². The minimum Gasteiger partial charge on any atom is -0.387 e. The molecule has 1 saturated heterocycles. The summed E-state index contributed by atoms with van der Waals surface area (Å²) in [5.74, 6) is -3.99. The van der Waals surface area contributed by atoms with E-state index in [-0.39, 0.29) is 35.7 Å². The number of alkyl halides is 3. The van der Waals surface area contributed by atoms with Crippen LogP contribution in [-0.4, -0.2) is 82.8 Å². The number of rotatable bonds is 5. The molecule has 5 heterocycles. The van der Waals surface area contributed by atoms with E-state index < -0.39 is 37.5 Å². The first-order valence-electron chi connectivity index (χ1n) is 11.3. The summed E-state index contributed by atoms with van der Waals surface area (Å²) >= 11 is 0. The maximum Gasteiger partial charge on any atom is 0.265 e. The molecule has 1 aliphatic rings. The Morgan fingerprint density at radius 1 is 1.22 bits per heavy atom. The third-order valence-electron chi connectivity index (χ3n) is 5.63.